The summed E-state index contributed by atoms with van der Waals surface area (Å²) in [5.74, 6) is 0.133. The van der Waals surface area contributed by atoms with E-state index >= 15 is 0 Å². The molecule has 43 heavy (non-hydrogen) atoms. The van der Waals surface area contributed by atoms with Crippen molar-refractivity contribution in [2.45, 2.75) is 25.3 Å². The van der Waals surface area contributed by atoms with E-state index in [2.05, 4.69) is 21.2 Å². The number of carboxylic acid groups (broad SMARTS) is 1. The molecule has 4 aromatic rings. The average Bonchev–Trinajstić information content (AvgIpc) is 3.43. The number of nitrogens with one attached hydrogen (secondary N) is 1. The molecule has 1 atom stereocenters. The lowest BCUT2D eigenvalue weighted by Crippen LogP contribution is -2.42. The number of hydrogen-bond acceptors (Lipinski definition) is 5. The first-order chi connectivity index (χ1) is 20.9. The molecule has 1 fully saturated rings. The molecule has 0 radical (unpaired) electrons. The Labute approximate surface area is 258 Å². The molecule has 1 heterocycles. The quantitative estimate of drug-likeness (QED) is 0.187. The normalized spacial score (nSPS) is 13.4. The van der Waals surface area contributed by atoms with Gasteiger partial charge in [0.15, 0.2) is 0 Å². The molecule has 0 spiro atoms. The number of rotatable bonds is 12. The van der Waals surface area contributed by atoms with Crippen LogP contribution in [0, 0.1) is 0 Å². The highest BCUT2D eigenvalue weighted by Gasteiger charge is 2.24. The van der Waals surface area contributed by atoms with Crippen molar-refractivity contribution in [3.63, 3.8) is 0 Å². The van der Waals surface area contributed by atoms with Crippen molar-refractivity contribution in [1.29, 1.82) is 0 Å². The number of carbonyl (C=O) groups is 3. The van der Waals surface area contributed by atoms with Crippen molar-refractivity contribution in [1.82, 2.24) is 10.2 Å². The molecule has 0 aliphatic carbocycles. The van der Waals surface area contributed by atoms with Crippen molar-refractivity contribution in [2.75, 3.05) is 19.7 Å². The van der Waals surface area contributed by atoms with Gasteiger partial charge >= 0.3 is 5.97 Å². The summed E-state index contributed by atoms with van der Waals surface area (Å²) in [5.41, 5.74) is 2.77. The molecule has 0 aromatic heterocycles. The zero-order valence-electron chi connectivity index (χ0n) is 23.4. The number of aliphatic carboxylic acids is 1. The summed E-state index contributed by atoms with van der Waals surface area (Å²) in [5, 5.41) is 12.6. The van der Waals surface area contributed by atoms with Crippen LogP contribution in [0.25, 0.3) is 11.1 Å². The van der Waals surface area contributed by atoms with Gasteiger partial charge in [0.2, 0.25) is 5.91 Å². The second-order valence-electron chi connectivity index (χ2n) is 10.1. The number of ether oxygens (including phenoxy) is 2. The SMILES string of the molecule is O=C(NC(Cc1ccc(-c2ccccc2Oc2ccccc2)cc1)C(=O)O)c1cc(Br)ccc1OCCN1CCCC1=O. The first-order valence-electron chi connectivity index (χ1n) is 14.0. The summed E-state index contributed by atoms with van der Waals surface area (Å²) >= 11 is 3.38. The van der Waals surface area contributed by atoms with E-state index in [9.17, 15) is 19.5 Å². The molecule has 4 aromatic carbocycles. The molecule has 1 aliphatic heterocycles. The van der Waals surface area contributed by atoms with E-state index in [-0.39, 0.29) is 24.5 Å². The molecule has 1 unspecified atom stereocenters. The van der Waals surface area contributed by atoms with Gasteiger partial charge in [0, 0.05) is 29.4 Å². The molecule has 0 saturated carbocycles. The molecule has 8 nitrogen and oxygen atoms in total. The minimum atomic E-state index is -1.17. The molecule has 9 heteroatoms. The Balaban J connectivity index is 1.25. The van der Waals surface area contributed by atoms with E-state index in [4.69, 9.17) is 9.47 Å². The monoisotopic (exact) mass is 642 g/mol. The second kappa shape index (κ2) is 14.0. The van der Waals surface area contributed by atoms with Crippen LogP contribution in [0.3, 0.4) is 0 Å². The number of halogens is 1. The van der Waals surface area contributed by atoms with E-state index in [1.807, 2.05) is 78.9 Å². The second-order valence-corrected chi connectivity index (χ2v) is 11.1. The highest BCUT2D eigenvalue weighted by atomic mass is 79.9. The smallest absolute Gasteiger partial charge is 0.326 e. The van der Waals surface area contributed by atoms with Crippen LogP contribution in [-0.4, -0.2) is 53.5 Å². The molecule has 2 amide bonds. The summed E-state index contributed by atoms with van der Waals surface area (Å²) in [6.07, 6.45) is 1.46. The first kappa shape index (κ1) is 29.8. The lowest BCUT2D eigenvalue weighted by atomic mass is 9.99. The maximum Gasteiger partial charge on any atom is 0.326 e. The third kappa shape index (κ3) is 7.81. The van der Waals surface area contributed by atoms with Gasteiger partial charge in [-0.05, 0) is 53.9 Å². The maximum atomic E-state index is 13.3. The Morgan fingerprint density at radius 1 is 0.930 bits per heavy atom. The minimum Gasteiger partial charge on any atom is -0.491 e. The lowest BCUT2D eigenvalue weighted by molar-refractivity contribution is -0.139. The van der Waals surface area contributed by atoms with Crippen LogP contribution in [0.2, 0.25) is 0 Å². The predicted molar refractivity (Wildman–Crippen MR) is 166 cm³/mol. The maximum absolute atomic E-state index is 13.3. The molecule has 1 aliphatic rings. The Kier molecular flexibility index (Phi) is 9.73. The van der Waals surface area contributed by atoms with Crippen LogP contribution in [0.4, 0.5) is 0 Å². The van der Waals surface area contributed by atoms with Crippen LogP contribution in [-0.2, 0) is 16.0 Å². The number of carbonyl (C=O) groups excluding carboxylic acids is 2. The highest BCUT2D eigenvalue weighted by molar-refractivity contribution is 9.10. The summed E-state index contributed by atoms with van der Waals surface area (Å²) in [4.78, 5) is 39.1. The summed E-state index contributed by atoms with van der Waals surface area (Å²) in [6.45, 7) is 1.35. The van der Waals surface area contributed by atoms with E-state index in [0.29, 0.717) is 35.5 Å². The fourth-order valence-electron chi connectivity index (χ4n) is 4.91. The molecule has 1 saturated heterocycles. The summed E-state index contributed by atoms with van der Waals surface area (Å²) in [6, 6.07) is 28.6. The largest absolute Gasteiger partial charge is 0.491 e. The number of benzene rings is 4. The number of amides is 2. The topological polar surface area (TPSA) is 105 Å². The van der Waals surface area contributed by atoms with Gasteiger partial charge in [-0.1, -0.05) is 76.6 Å². The van der Waals surface area contributed by atoms with Crippen LogP contribution < -0.4 is 14.8 Å². The van der Waals surface area contributed by atoms with Crippen LogP contribution in [0.5, 0.6) is 17.2 Å². The van der Waals surface area contributed by atoms with E-state index in [1.165, 1.54) is 0 Å². The third-order valence-electron chi connectivity index (χ3n) is 7.14. The molecule has 0 bridgehead atoms. The lowest BCUT2D eigenvalue weighted by Gasteiger charge is -2.19. The van der Waals surface area contributed by atoms with Crippen molar-refractivity contribution in [3.05, 3.63) is 113 Å². The zero-order chi connectivity index (χ0) is 30.2. The molecule has 5 rings (SSSR count). The Morgan fingerprint density at radius 3 is 2.40 bits per heavy atom. The average molecular weight is 644 g/mol. The number of carboxylic acids is 1. The van der Waals surface area contributed by atoms with Crippen LogP contribution in [0.1, 0.15) is 28.8 Å². The summed E-state index contributed by atoms with van der Waals surface area (Å²) in [7, 11) is 0. The number of nitrogens with zero attached hydrogens (tertiary/aromatic N) is 1. The number of likely N-dealkylation sites (tertiary alicyclic amines) is 1. The zero-order valence-corrected chi connectivity index (χ0v) is 25.0. The van der Waals surface area contributed by atoms with Gasteiger partial charge in [0.1, 0.15) is 29.9 Å². The fraction of sp³-hybridized carbons (Fsp3) is 0.206. The van der Waals surface area contributed by atoms with Crippen molar-refractivity contribution < 1.29 is 29.0 Å². The predicted octanol–water partition coefficient (Wildman–Crippen LogP) is 6.34. The third-order valence-corrected chi connectivity index (χ3v) is 7.64. The van der Waals surface area contributed by atoms with Crippen LogP contribution in [0.15, 0.2) is 102 Å². The first-order valence-corrected chi connectivity index (χ1v) is 14.8. The van der Waals surface area contributed by atoms with E-state index in [1.54, 1.807) is 23.1 Å². The Bertz CT molecular complexity index is 1590. The van der Waals surface area contributed by atoms with Gasteiger partial charge in [-0.2, -0.15) is 0 Å². The van der Waals surface area contributed by atoms with Gasteiger partial charge in [0.05, 0.1) is 12.1 Å². The Hall–Kier alpha value is -4.63. The molecular weight excluding hydrogens is 612 g/mol. The van der Waals surface area contributed by atoms with Crippen molar-refractivity contribution >= 4 is 33.7 Å². The minimum absolute atomic E-state index is 0.0881. The van der Waals surface area contributed by atoms with Crippen molar-refractivity contribution in [3.8, 4) is 28.4 Å². The van der Waals surface area contributed by atoms with Gasteiger partial charge in [-0.15, -0.1) is 0 Å². The van der Waals surface area contributed by atoms with Gasteiger partial charge in [-0.3, -0.25) is 9.59 Å². The van der Waals surface area contributed by atoms with Gasteiger partial charge in [0.25, 0.3) is 5.91 Å². The molecule has 2 N–H and O–H groups in total. The van der Waals surface area contributed by atoms with Crippen molar-refractivity contribution in [2.24, 2.45) is 0 Å². The molecule has 220 valence electrons. The summed E-state index contributed by atoms with van der Waals surface area (Å²) < 4.78 is 12.6. The van der Waals surface area contributed by atoms with E-state index < -0.39 is 17.9 Å². The fourth-order valence-corrected chi connectivity index (χ4v) is 5.27. The number of para-hydroxylation sites is 2. The standard InChI is InChI=1S/C34H31BrN2O6/c35-25-16-17-30(42-20-19-37-18-6-11-32(37)38)28(22-25)33(39)36-29(34(40)41)21-23-12-14-24(15-13-23)27-9-4-5-10-31(27)43-26-7-2-1-3-8-26/h1-5,7-10,12-17,22,29H,6,11,18-21H2,(H,36,39)(H,40,41). The number of hydrogen-bond donors (Lipinski definition) is 2. The highest BCUT2D eigenvalue weighted by Crippen LogP contribution is 2.33. The Morgan fingerprint density at radius 2 is 1.67 bits per heavy atom. The van der Waals surface area contributed by atoms with Gasteiger partial charge < -0.3 is 24.8 Å². The molecular formula is C34H31BrN2O6. The van der Waals surface area contributed by atoms with Crippen LogP contribution >= 0.6 is 15.9 Å². The van der Waals surface area contributed by atoms with E-state index in [0.717, 1.165) is 28.9 Å². The van der Waals surface area contributed by atoms with Gasteiger partial charge in [-0.25, -0.2) is 4.79 Å².